The summed E-state index contributed by atoms with van der Waals surface area (Å²) in [5.74, 6) is -0.462. The number of carboxylic acids is 1. The van der Waals surface area contributed by atoms with Crippen LogP contribution in [0.2, 0.25) is 5.02 Å². The summed E-state index contributed by atoms with van der Waals surface area (Å²) in [6, 6.07) is 21.8. The Bertz CT molecular complexity index is 1300. The van der Waals surface area contributed by atoms with Crippen LogP contribution in [0.3, 0.4) is 0 Å². The first kappa shape index (κ1) is 25.9. The second-order valence-electron chi connectivity index (χ2n) is 8.94. The molecule has 0 saturated carbocycles. The van der Waals surface area contributed by atoms with Crippen LogP contribution in [0.5, 0.6) is 0 Å². The van der Waals surface area contributed by atoms with E-state index in [0.29, 0.717) is 24.4 Å². The lowest BCUT2D eigenvalue weighted by Crippen LogP contribution is -2.20. The summed E-state index contributed by atoms with van der Waals surface area (Å²) in [5.41, 5.74) is 3.81. The molecule has 1 atom stereocenters. The zero-order chi connectivity index (χ0) is 25.3. The molecule has 0 aliphatic rings. The normalized spacial score (nSPS) is 12.6. The number of hydrogen-bond donors (Lipinski definition) is 1. The molecule has 186 valence electrons. The van der Waals surface area contributed by atoms with Crippen LogP contribution in [0.25, 0.3) is 6.08 Å². The Morgan fingerprint density at radius 2 is 1.89 bits per heavy atom. The highest BCUT2D eigenvalue weighted by molar-refractivity contribution is 7.09. The summed E-state index contributed by atoms with van der Waals surface area (Å²) in [6.45, 7) is 2.76. The van der Waals surface area contributed by atoms with Gasteiger partial charge < -0.3 is 9.67 Å². The minimum Gasteiger partial charge on any atom is -0.481 e. The molecular weight excluding hydrogens is 488 g/mol. The first-order chi connectivity index (χ1) is 17.5. The van der Waals surface area contributed by atoms with E-state index >= 15 is 0 Å². The maximum absolute atomic E-state index is 12.6. The fourth-order valence-electron chi connectivity index (χ4n) is 4.36. The third-order valence-corrected chi connectivity index (χ3v) is 7.57. The summed E-state index contributed by atoms with van der Waals surface area (Å²) < 4.78 is 2.19. The smallest absolute Gasteiger partial charge is 0.310 e. The van der Waals surface area contributed by atoms with E-state index in [9.17, 15) is 9.90 Å². The number of unbranched alkanes of at least 4 members (excludes halogenated alkanes) is 1. The highest BCUT2D eigenvalue weighted by Crippen LogP contribution is 2.28. The van der Waals surface area contributed by atoms with Gasteiger partial charge >= 0.3 is 5.97 Å². The molecule has 0 bridgehead atoms. The van der Waals surface area contributed by atoms with Crippen LogP contribution in [-0.4, -0.2) is 20.6 Å². The summed E-state index contributed by atoms with van der Waals surface area (Å²) in [6.07, 6.45) is 7.92. The van der Waals surface area contributed by atoms with Crippen LogP contribution in [0.1, 0.15) is 47.3 Å². The molecular formula is C30H31ClN2O2S. The number of aromatic nitrogens is 2. The lowest BCUT2D eigenvalue weighted by atomic mass is 9.88. The van der Waals surface area contributed by atoms with Crippen molar-refractivity contribution in [2.45, 2.75) is 45.6 Å². The standard InChI is InChI=1S/C30H31ClN2O2S/c1-2-3-15-29-32-20-25(33(29)21-23-12-7-8-14-28(23)31)18-24(19-26-13-9-16-36-26)27(30(34)35)17-22-10-5-4-6-11-22/h4-14,16,18,20,27H,2-3,15,17,19,21H2,1H3,(H,34,35)/b24-18+. The van der Waals surface area contributed by atoms with Gasteiger partial charge in [0.05, 0.1) is 24.4 Å². The summed E-state index contributed by atoms with van der Waals surface area (Å²) in [7, 11) is 0. The van der Waals surface area contributed by atoms with Crippen LogP contribution in [0, 0.1) is 5.92 Å². The minimum atomic E-state index is -0.815. The highest BCUT2D eigenvalue weighted by atomic mass is 35.5. The predicted molar refractivity (Wildman–Crippen MR) is 149 cm³/mol. The van der Waals surface area contributed by atoms with Crippen molar-refractivity contribution < 1.29 is 9.90 Å². The average Bonchev–Trinajstić information content (AvgIpc) is 3.53. The number of benzene rings is 2. The van der Waals surface area contributed by atoms with E-state index in [1.54, 1.807) is 11.3 Å². The largest absolute Gasteiger partial charge is 0.481 e. The van der Waals surface area contributed by atoms with Gasteiger partial charge in [-0.3, -0.25) is 4.79 Å². The van der Waals surface area contributed by atoms with Crippen molar-refractivity contribution in [2.75, 3.05) is 0 Å². The molecule has 0 aliphatic heterocycles. The fraction of sp³-hybridized carbons (Fsp3) is 0.267. The number of carboxylic acid groups (broad SMARTS) is 1. The van der Waals surface area contributed by atoms with Crippen molar-refractivity contribution in [2.24, 2.45) is 5.92 Å². The second kappa shape index (κ2) is 12.7. The fourth-order valence-corrected chi connectivity index (χ4v) is 5.30. The second-order valence-corrected chi connectivity index (χ2v) is 10.4. The van der Waals surface area contributed by atoms with Crippen LogP contribution >= 0.6 is 22.9 Å². The first-order valence-corrected chi connectivity index (χ1v) is 13.6. The number of aryl methyl sites for hydroxylation is 1. The topological polar surface area (TPSA) is 55.1 Å². The molecule has 36 heavy (non-hydrogen) atoms. The van der Waals surface area contributed by atoms with Crippen molar-refractivity contribution in [1.82, 2.24) is 9.55 Å². The van der Waals surface area contributed by atoms with Gasteiger partial charge in [0.1, 0.15) is 5.82 Å². The predicted octanol–water partition coefficient (Wildman–Crippen LogP) is 7.56. The first-order valence-electron chi connectivity index (χ1n) is 12.3. The highest BCUT2D eigenvalue weighted by Gasteiger charge is 2.24. The molecule has 0 aliphatic carbocycles. The molecule has 0 fully saturated rings. The summed E-state index contributed by atoms with van der Waals surface area (Å²) in [4.78, 5) is 18.4. The van der Waals surface area contributed by atoms with Crippen molar-refractivity contribution in [3.05, 3.63) is 116 Å². The third-order valence-electron chi connectivity index (χ3n) is 6.33. The molecule has 6 heteroatoms. The van der Waals surface area contributed by atoms with Gasteiger partial charge in [0, 0.05) is 22.7 Å². The zero-order valence-electron chi connectivity index (χ0n) is 20.4. The maximum atomic E-state index is 12.6. The maximum Gasteiger partial charge on any atom is 0.310 e. The Hall–Kier alpha value is -3.15. The zero-order valence-corrected chi connectivity index (χ0v) is 22.0. The number of thiophene rings is 1. The van der Waals surface area contributed by atoms with Crippen LogP contribution in [-0.2, 0) is 30.6 Å². The van der Waals surface area contributed by atoms with Gasteiger partial charge in [0.2, 0.25) is 0 Å². The molecule has 1 unspecified atom stereocenters. The number of carbonyl (C=O) groups is 1. The van der Waals surface area contributed by atoms with E-state index in [1.807, 2.05) is 78.3 Å². The van der Waals surface area contributed by atoms with Crippen molar-refractivity contribution in [3.63, 3.8) is 0 Å². The Labute approximate surface area is 221 Å². The van der Waals surface area contributed by atoms with Gasteiger partial charge in [-0.15, -0.1) is 11.3 Å². The molecule has 2 aromatic heterocycles. The molecule has 1 N–H and O–H groups in total. The van der Waals surface area contributed by atoms with Gasteiger partial charge in [-0.1, -0.05) is 79.5 Å². The van der Waals surface area contributed by atoms with E-state index in [1.165, 1.54) is 0 Å². The molecule has 2 heterocycles. The van der Waals surface area contributed by atoms with E-state index in [2.05, 4.69) is 17.6 Å². The van der Waals surface area contributed by atoms with Gasteiger partial charge in [-0.25, -0.2) is 4.98 Å². The molecule has 0 spiro atoms. The molecule has 0 saturated heterocycles. The average molecular weight is 519 g/mol. The van der Waals surface area contributed by atoms with E-state index in [4.69, 9.17) is 16.6 Å². The lowest BCUT2D eigenvalue weighted by molar-refractivity contribution is -0.140. The number of hydrogen-bond acceptors (Lipinski definition) is 3. The lowest BCUT2D eigenvalue weighted by Gasteiger charge is -2.18. The number of halogens is 1. The quantitative estimate of drug-likeness (QED) is 0.210. The van der Waals surface area contributed by atoms with Gasteiger partial charge in [0.15, 0.2) is 0 Å². The van der Waals surface area contributed by atoms with E-state index in [-0.39, 0.29) is 0 Å². The molecule has 2 aromatic carbocycles. The molecule has 0 amide bonds. The van der Waals surface area contributed by atoms with E-state index in [0.717, 1.165) is 52.4 Å². The van der Waals surface area contributed by atoms with E-state index < -0.39 is 11.9 Å². The van der Waals surface area contributed by atoms with Gasteiger partial charge in [-0.05, 0) is 53.1 Å². The van der Waals surface area contributed by atoms with Gasteiger partial charge in [0.25, 0.3) is 0 Å². The van der Waals surface area contributed by atoms with Crippen LogP contribution in [0.15, 0.2) is 83.9 Å². The SMILES string of the molecule is CCCCc1ncc(/C=C(\Cc2cccs2)C(Cc2ccccc2)C(=O)O)n1Cc1ccccc1Cl. The van der Waals surface area contributed by atoms with Gasteiger partial charge in [-0.2, -0.15) is 0 Å². The van der Waals surface area contributed by atoms with Crippen molar-refractivity contribution >= 4 is 35.0 Å². The Morgan fingerprint density at radius 3 is 2.58 bits per heavy atom. The monoisotopic (exact) mass is 518 g/mol. The molecule has 4 aromatic rings. The van der Waals surface area contributed by atoms with Crippen molar-refractivity contribution in [1.29, 1.82) is 0 Å². The number of imidazole rings is 1. The number of rotatable bonds is 12. The third kappa shape index (κ3) is 6.74. The van der Waals surface area contributed by atoms with Crippen LogP contribution < -0.4 is 0 Å². The number of nitrogens with zero attached hydrogens (tertiary/aromatic N) is 2. The molecule has 4 rings (SSSR count). The number of aliphatic carboxylic acids is 1. The molecule has 4 nitrogen and oxygen atoms in total. The minimum absolute atomic E-state index is 0.439. The molecule has 0 radical (unpaired) electrons. The summed E-state index contributed by atoms with van der Waals surface area (Å²) in [5, 5.41) is 13.0. The Kier molecular flexibility index (Phi) is 9.15. The van der Waals surface area contributed by atoms with Crippen molar-refractivity contribution in [3.8, 4) is 0 Å². The summed E-state index contributed by atoms with van der Waals surface area (Å²) >= 11 is 8.16. The van der Waals surface area contributed by atoms with Crippen LogP contribution in [0.4, 0.5) is 0 Å². The Morgan fingerprint density at radius 1 is 1.11 bits per heavy atom. The Balaban J connectivity index is 1.77.